The van der Waals surface area contributed by atoms with Gasteiger partial charge in [0.1, 0.15) is 5.82 Å². The Kier molecular flexibility index (Phi) is 5.55. The predicted octanol–water partition coefficient (Wildman–Crippen LogP) is 4.60. The predicted molar refractivity (Wildman–Crippen MR) is 114 cm³/mol. The first-order valence-electron chi connectivity index (χ1n) is 10.1. The molecule has 1 aliphatic carbocycles. The number of amides is 2. The third-order valence-corrected chi connectivity index (χ3v) is 6.12. The second-order valence-corrected chi connectivity index (χ2v) is 9.35. The van der Waals surface area contributed by atoms with Crippen molar-refractivity contribution in [2.75, 3.05) is 4.90 Å². The molecule has 6 nitrogen and oxygen atoms in total. The van der Waals surface area contributed by atoms with Gasteiger partial charge in [-0.2, -0.15) is 13.2 Å². The van der Waals surface area contributed by atoms with E-state index in [0.717, 1.165) is 24.4 Å². The Balaban J connectivity index is 1.96. The van der Waals surface area contributed by atoms with Gasteiger partial charge in [-0.05, 0) is 42.2 Å². The molecule has 0 saturated heterocycles. The van der Waals surface area contributed by atoms with Gasteiger partial charge in [-0.1, -0.05) is 25.4 Å². The van der Waals surface area contributed by atoms with Gasteiger partial charge in [-0.15, -0.1) is 0 Å². The van der Waals surface area contributed by atoms with Crippen molar-refractivity contribution in [3.63, 3.8) is 0 Å². The van der Waals surface area contributed by atoms with Crippen LogP contribution in [0.5, 0.6) is 0 Å². The molecule has 2 aliphatic rings. The fourth-order valence-electron chi connectivity index (χ4n) is 4.39. The average Bonchev–Trinajstić information content (AvgIpc) is 2.98. The van der Waals surface area contributed by atoms with Gasteiger partial charge < -0.3 is 5.32 Å². The van der Waals surface area contributed by atoms with Crippen LogP contribution in [0.4, 0.5) is 23.2 Å². The first-order chi connectivity index (χ1) is 15.8. The van der Waals surface area contributed by atoms with Crippen molar-refractivity contribution >= 4 is 34.9 Å². The van der Waals surface area contributed by atoms with E-state index in [-0.39, 0.29) is 29.8 Å². The van der Waals surface area contributed by atoms with Crippen LogP contribution in [0.15, 0.2) is 54.0 Å². The highest BCUT2D eigenvalue weighted by Crippen LogP contribution is 2.53. The van der Waals surface area contributed by atoms with Gasteiger partial charge in [0.05, 0.1) is 21.8 Å². The van der Waals surface area contributed by atoms with Crippen LogP contribution in [0.3, 0.4) is 0 Å². The number of allylic oxidation sites excluding steroid dienone is 1. The van der Waals surface area contributed by atoms with Crippen LogP contribution >= 0.6 is 11.6 Å². The Morgan fingerprint density at radius 3 is 2.47 bits per heavy atom. The average molecular weight is 496 g/mol. The van der Waals surface area contributed by atoms with Gasteiger partial charge in [0.2, 0.25) is 5.54 Å². The van der Waals surface area contributed by atoms with E-state index in [1.165, 1.54) is 18.3 Å². The molecule has 0 unspecified atom stereocenters. The lowest BCUT2D eigenvalue weighted by Gasteiger charge is -2.35. The lowest BCUT2D eigenvalue weighted by atomic mass is 9.72. The molecule has 1 aliphatic heterocycles. The van der Waals surface area contributed by atoms with E-state index >= 15 is 0 Å². The highest BCUT2D eigenvalue weighted by atomic mass is 35.5. The van der Waals surface area contributed by atoms with Crippen molar-refractivity contribution in [1.82, 2.24) is 10.3 Å². The summed E-state index contributed by atoms with van der Waals surface area (Å²) in [6.45, 7) is 3.35. The van der Waals surface area contributed by atoms with Crippen molar-refractivity contribution < 1.29 is 31.9 Å². The van der Waals surface area contributed by atoms with Crippen molar-refractivity contribution in [3.05, 3.63) is 70.4 Å². The zero-order valence-corrected chi connectivity index (χ0v) is 18.7. The third kappa shape index (κ3) is 3.66. The summed E-state index contributed by atoms with van der Waals surface area (Å²) in [5.74, 6) is -4.59. The normalized spacial score (nSPS) is 22.1. The highest BCUT2D eigenvalue weighted by molar-refractivity contribution is 6.31. The number of aromatic nitrogens is 1. The molecule has 1 atom stereocenters. The number of hydrogen-bond acceptors (Lipinski definition) is 4. The van der Waals surface area contributed by atoms with Gasteiger partial charge in [-0.25, -0.2) is 4.39 Å². The Bertz CT molecular complexity index is 1240. The van der Waals surface area contributed by atoms with Crippen molar-refractivity contribution in [1.29, 1.82) is 0 Å². The smallest absolute Gasteiger partial charge is 0.326 e. The molecule has 1 N–H and O–H groups in total. The molecular weight excluding hydrogens is 478 g/mol. The zero-order chi connectivity index (χ0) is 25.1. The number of benzene rings is 1. The van der Waals surface area contributed by atoms with Gasteiger partial charge in [0, 0.05) is 24.5 Å². The Morgan fingerprint density at radius 2 is 1.88 bits per heavy atom. The van der Waals surface area contributed by atoms with E-state index in [4.69, 9.17) is 11.6 Å². The molecular formula is C23H18ClF4N3O3. The Labute approximate surface area is 196 Å². The minimum atomic E-state index is -5.38. The standard InChI is InChI=1S/C23H18ClF4N3O3/c1-21(2)9-16-18(17(32)10-21)22(23(26,27)28,30-19(33)12-4-3-7-29-11-12)20(34)31(16)13-5-6-15(25)14(24)8-13/h3-8,11H,9-10H2,1-2H3,(H,30,33)/t22-/m1/s1. The number of hydrogen-bond donors (Lipinski definition) is 1. The number of carbonyl (C=O) groups is 3. The van der Waals surface area contributed by atoms with Crippen LogP contribution < -0.4 is 10.2 Å². The molecule has 2 amide bonds. The molecule has 0 saturated carbocycles. The van der Waals surface area contributed by atoms with Crippen molar-refractivity contribution in [2.45, 2.75) is 38.4 Å². The third-order valence-electron chi connectivity index (χ3n) is 5.83. The van der Waals surface area contributed by atoms with Crippen LogP contribution in [-0.4, -0.2) is 34.3 Å². The summed E-state index contributed by atoms with van der Waals surface area (Å²) in [6, 6.07) is 5.57. The molecule has 4 rings (SSSR count). The number of Topliss-reactive ketones (excluding diaryl/α,β-unsaturated/α-hetero) is 1. The van der Waals surface area contributed by atoms with E-state index in [9.17, 15) is 31.9 Å². The molecule has 1 aromatic heterocycles. The summed E-state index contributed by atoms with van der Waals surface area (Å²) >= 11 is 5.83. The summed E-state index contributed by atoms with van der Waals surface area (Å²) in [5.41, 5.74) is -5.85. The van der Waals surface area contributed by atoms with E-state index in [0.29, 0.717) is 4.90 Å². The lowest BCUT2D eigenvalue weighted by molar-refractivity contribution is -0.186. The summed E-state index contributed by atoms with van der Waals surface area (Å²) in [7, 11) is 0. The number of anilines is 1. The molecule has 0 fully saturated rings. The first kappa shape index (κ1) is 23.9. The number of nitrogens with zero attached hydrogens (tertiary/aromatic N) is 2. The number of pyridine rings is 1. The fraction of sp³-hybridized carbons (Fsp3) is 0.304. The maximum absolute atomic E-state index is 14.8. The maximum atomic E-state index is 14.8. The highest BCUT2D eigenvalue weighted by Gasteiger charge is 2.72. The molecule has 1 aromatic carbocycles. The zero-order valence-electron chi connectivity index (χ0n) is 18.0. The molecule has 2 heterocycles. The molecule has 0 bridgehead atoms. The maximum Gasteiger partial charge on any atom is 0.425 e. The lowest BCUT2D eigenvalue weighted by Crippen LogP contribution is -2.66. The molecule has 2 aromatic rings. The summed E-state index contributed by atoms with van der Waals surface area (Å²) in [4.78, 5) is 44.0. The molecule has 0 spiro atoms. The van der Waals surface area contributed by atoms with Crippen LogP contribution in [0.2, 0.25) is 5.02 Å². The number of ketones is 1. The second-order valence-electron chi connectivity index (χ2n) is 8.95. The van der Waals surface area contributed by atoms with E-state index in [2.05, 4.69) is 4.98 Å². The quantitative estimate of drug-likeness (QED) is 0.631. The largest absolute Gasteiger partial charge is 0.425 e. The van der Waals surface area contributed by atoms with Gasteiger partial charge >= 0.3 is 6.18 Å². The SMILES string of the molecule is CC1(C)CC(=O)C2=C(C1)N(c1ccc(F)c(Cl)c1)C(=O)[C@@]2(NC(=O)c1cccnc1)C(F)(F)F. The minimum absolute atomic E-state index is 0.0740. The van der Waals surface area contributed by atoms with Crippen LogP contribution in [0.25, 0.3) is 0 Å². The number of nitrogens with one attached hydrogen (secondary N) is 1. The molecule has 178 valence electrons. The summed E-state index contributed by atoms with van der Waals surface area (Å²) in [6.07, 6.45) is -3.35. The van der Waals surface area contributed by atoms with Gasteiger partial charge in [0.25, 0.3) is 11.8 Å². The number of carbonyl (C=O) groups excluding carboxylic acids is 3. The monoisotopic (exact) mass is 495 g/mol. The van der Waals surface area contributed by atoms with Crippen molar-refractivity contribution in [3.8, 4) is 0 Å². The first-order valence-corrected chi connectivity index (χ1v) is 10.5. The minimum Gasteiger partial charge on any atom is -0.326 e. The Hall–Kier alpha value is -3.27. The van der Waals surface area contributed by atoms with Crippen molar-refractivity contribution in [2.24, 2.45) is 5.41 Å². The second kappa shape index (κ2) is 7.90. The molecule has 0 radical (unpaired) electrons. The van der Waals surface area contributed by atoms with Crippen LogP contribution in [-0.2, 0) is 9.59 Å². The van der Waals surface area contributed by atoms with Crippen LogP contribution in [0.1, 0.15) is 37.0 Å². The van der Waals surface area contributed by atoms with E-state index in [1.54, 1.807) is 19.2 Å². The number of alkyl halides is 3. The fourth-order valence-corrected chi connectivity index (χ4v) is 4.56. The van der Waals surface area contributed by atoms with E-state index < -0.39 is 51.1 Å². The topological polar surface area (TPSA) is 79.4 Å². The summed E-state index contributed by atoms with van der Waals surface area (Å²) in [5, 5.41) is 1.38. The number of halogens is 5. The van der Waals surface area contributed by atoms with Crippen LogP contribution in [0, 0.1) is 11.2 Å². The van der Waals surface area contributed by atoms with E-state index in [1.807, 2.05) is 0 Å². The molecule has 34 heavy (non-hydrogen) atoms. The van der Waals surface area contributed by atoms with Gasteiger partial charge in [0.15, 0.2) is 5.78 Å². The number of rotatable bonds is 3. The summed E-state index contributed by atoms with van der Waals surface area (Å²) < 4.78 is 58.0. The van der Waals surface area contributed by atoms with Gasteiger partial charge in [-0.3, -0.25) is 24.3 Å². The Morgan fingerprint density at radius 1 is 1.18 bits per heavy atom. The molecule has 11 heteroatoms.